The second kappa shape index (κ2) is 20.7. The Labute approximate surface area is 326 Å². The summed E-state index contributed by atoms with van der Waals surface area (Å²) in [6.45, 7) is 15.7. The number of thiol groups is 2. The minimum Gasteiger partial charge on any atom is -0.489 e. The van der Waals surface area contributed by atoms with Crippen LogP contribution in [0.3, 0.4) is 0 Å². The molecular weight excluding hydrogens is 745 g/mol. The van der Waals surface area contributed by atoms with Gasteiger partial charge >= 0.3 is 11.9 Å². The number of thioether (sulfide) groups is 4. The summed E-state index contributed by atoms with van der Waals surface area (Å²) in [7, 11) is 0. The fourth-order valence-corrected chi connectivity index (χ4v) is 13.5. The van der Waals surface area contributed by atoms with Crippen molar-refractivity contribution >= 4 is 84.2 Å². The molecule has 0 saturated carbocycles. The number of esters is 2. The van der Waals surface area contributed by atoms with Crippen LogP contribution in [0.25, 0.3) is 11.1 Å². The molecule has 2 aliphatic rings. The van der Waals surface area contributed by atoms with Gasteiger partial charge in [0.1, 0.15) is 36.9 Å². The Balaban J connectivity index is 1.41. The highest BCUT2D eigenvalue weighted by atomic mass is 32.2. The second-order valence-corrected chi connectivity index (χ2v) is 19.9. The molecule has 2 fully saturated rings. The topological polar surface area (TPSA) is 71.1 Å². The number of carbonyl (C=O) groups excluding carboxylic acids is 2. The van der Waals surface area contributed by atoms with E-state index >= 15 is 0 Å². The van der Waals surface area contributed by atoms with Gasteiger partial charge in [0.05, 0.1) is 9.16 Å². The number of hydrogen-bond donors (Lipinski definition) is 2. The average molecular weight is 795 g/mol. The Bertz CT molecular complexity index is 1320. The Morgan fingerprint density at radius 3 is 1.30 bits per heavy atom. The molecule has 0 bridgehead atoms. The predicted molar refractivity (Wildman–Crippen MR) is 223 cm³/mol. The van der Waals surface area contributed by atoms with Crippen LogP contribution in [-0.2, 0) is 19.1 Å². The summed E-state index contributed by atoms with van der Waals surface area (Å²) in [5, 5.41) is 0.195. The Morgan fingerprint density at radius 2 is 1.00 bits per heavy atom. The average Bonchev–Trinajstić information content (AvgIpc) is 3.78. The van der Waals surface area contributed by atoms with E-state index in [1.807, 2.05) is 74.7 Å². The van der Waals surface area contributed by atoms with Crippen LogP contribution in [0, 0.1) is 27.7 Å². The molecule has 2 heterocycles. The van der Waals surface area contributed by atoms with Gasteiger partial charge in [-0.25, -0.2) is 9.59 Å². The van der Waals surface area contributed by atoms with Gasteiger partial charge < -0.3 is 18.9 Å². The number of carbonyl (C=O) groups is 2. The summed E-state index contributed by atoms with van der Waals surface area (Å²) >= 11 is 17.6. The summed E-state index contributed by atoms with van der Waals surface area (Å²) in [6, 6.07) is 8.49. The zero-order valence-electron chi connectivity index (χ0n) is 29.4. The van der Waals surface area contributed by atoms with E-state index < -0.39 is 24.1 Å². The summed E-state index contributed by atoms with van der Waals surface area (Å²) in [6.07, 6.45) is 4.64. The van der Waals surface area contributed by atoms with Gasteiger partial charge in [-0.15, -0.1) is 47.0 Å². The molecule has 12 heteroatoms. The van der Waals surface area contributed by atoms with Crippen LogP contribution in [0.5, 0.6) is 11.5 Å². The molecule has 0 spiro atoms. The molecule has 0 amide bonds. The number of ether oxygens (including phenoxy) is 4. The number of rotatable bonds is 19. The van der Waals surface area contributed by atoms with Gasteiger partial charge in [0.2, 0.25) is 0 Å². The normalized spacial score (nSPS) is 17.5. The highest BCUT2D eigenvalue weighted by molar-refractivity contribution is 8.20. The molecule has 4 atom stereocenters. The lowest BCUT2D eigenvalue weighted by Gasteiger charge is -2.24. The van der Waals surface area contributed by atoms with Crippen LogP contribution in [-0.4, -0.2) is 80.0 Å². The first-order chi connectivity index (χ1) is 23.9. The van der Waals surface area contributed by atoms with E-state index in [4.69, 9.17) is 44.2 Å². The minimum atomic E-state index is -0.456. The zero-order chi connectivity index (χ0) is 36.2. The first kappa shape index (κ1) is 41.3. The molecule has 4 rings (SSSR count). The molecule has 0 N–H and O–H groups in total. The van der Waals surface area contributed by atoms with E-state index in [-0.39, 0.29) is 23.7 Å². The molecule has 2 aliphatic heterocycles. The van der Waals surface area contributed by atoms with Gasteiger partial charge in [0, 0.05) is 45.7 Å². The van der Waals surface area contributed by atoms with Crippen molar-refractivity contribution in [2.75, 3.05) is 36.2 Å². The van der Waals surface area contributed by atoms with E-state index in [0.29, 0.717) is 22.0 Å². The first-order valence-electron chi connectivity index (χ1n) is 16.9. The van der Waals surface area contributed by atoms with Crippen LogP contribution >= 0.6 is 72.3 Å². The lowest BCUT2D eigenvalue weighted by Crippen LogP contribution is -2.28. The fraction of sp³-hybridized carbons (Fsp3) is 0.526. The van der Waals surface area contributed by atoms with Gasteiger partial charge in [-0.1, -0.05) is 13.2 Å². The Hall–Kier alpha value is -1.44. The van der Waals surface area contributed by atoms with E-state index in [1.165, 1.54) is 35.2 Å². The monoisotopic (exact) mass is 794 g/mol. The van der Waals surface area contributed by atoms with E-state index in [1.54, 1.807) is 0 Å². The van der Waals surface area contributed by atoms with E-state index in [0.717, 1.165) is 57.7 Å². The van der Waals surface area contributed by atoms with Gasteiger partial charge in [-0.3, -0.25) is 0 Å². The standard InChI is InChI=1S/C38H50O6S6/c1-7-33(39)43-29(17-31(45)19-35-47-9-10-48-35)21-41-37-23(3)13-27(14-24(37)4)28-15-25(5)38(26(6)16-28)42-22-30(44-34(40)8-2)18-32(46)20-36-49-11-12-50-36/h7-8,13-16,29-32,35-36,45-46H,1-2,9-12,17-22H2,3-6H3. The largest absolute Gasteiger partial charge is 0.489 e. The summed E-state index contributed by atoms with van der Waals surface area (Å²) < 4.78 is 25.1. The van der Waals surface area contributed by atoms with Crippen molar-refractivity contribution in [3.63, 3.8) is 0 Å². The van der Waals surface area contributed by atoms with Crippen LogP contribution < -0.4 is 9.47 Å². The van der Waals surface area contributed by atoms with Crippen LogP contribution in [0.4, 0.5) is 0 Å². The smallest absolute Gasteiger partial charge is 0.330 e. The van der Waals surface area contributed by atoms with Gasteiger partial charge in [0.15, 0.2) is 0 Å². The first-order valence-corrected chi connectivity index (χ1v) is 22.2. The van der Waals surface area contributed by atoms with E-state index in [9.17, 15) is 9.59 Å². The Kier molecular flexibility index (Phi) is 17.1. The third-order valence-electron chi connectivity index (χ3n) is 8.36. The molecule has 274 valence electrons. The SMILES string of the molecule is C=CC(=O)OC(COc1c(C)cc(-c2cc(C)c(OCC(CC(S)CC3SCCS3)OC(=O)C=C)c(C)c2)cc1C)CC(S)CC1SCCS1. The van der Waals surface area contributed by atoms with Crippen molar-refractivity contribution in [3.8, 4) is 22.6 Å². The molecule has 2 aromatic rings. The number of hydrogen-bond acceptors (Lipinski definition) is 12. The van der Waals surface area contributed by atoms with E-state index in [2.05, 4.69) is 37.4 Å². The molecule has 0 aliphatic carbocycles. The lowest BCUT2D eigenvalue weighted by molar-refractivity contribution is -0.145. The number of benzene rings is 2. The maximum Gasteiger partial charge on any atom is 0.330 e. The van der Waals surface area contributed by atoms with Crippen molar-refractivity contribution in [2.24, 2.45) is 0 Å². The van der Waals surface area contributed by atoms with Gasteiger partial charge in [0.25, 0.3) is 0 Å². The molecule has 50 heavy (non-hydrogen) atoms. The summed E-state index contributed by atoms with van der Waals surface area (Å²) in [5.41, 5.74) is 6.11. The number of aryl methyl sites for hydroxylation is 4. The highest BCUT2D eigenvalue weighted by Crippen LogP contribution is 2.39. The van der Waals surface area contributed by atoms with Crippen LogP contribution in [0.15, 0.2) is 49.6 Å². The van der Waals surface area contributed by atoms with Crippen molar-refractivity contribution < 1.29 is 28.5 Å². The van der Waals surface area contributed by atoms with Crippen LogP contribution in [0.1, 0.15) is 47.9 Å². The third kappa shape index (κ3) is 12.9. The summed E-state index contributed by atoms with van der Waals surface area (Å²) in [4.78, 5) is 24.3. The zero-order valence-corrected chi connectivity index (χ0v) is 34.4. The molecular formula is C38H50O6S6. The quantitative estimate of drug-likeness (QED) is 0.0818. The molecule has 0 aromatic heterocycles. The molecule has 4 unspecified atom stereocenters. The van der Waals surface area contributed by atoms with Gasteiger partial charge in [-0.2, -0.15) is 25.3 Å². The lowest BCUT2D eigenvalue weighted by atomic mass is 9.96. The molecule has 2 saturated heterocycles. The van der Waals surface area contributed by atoms with Crippen molar-refractivity contribution in [2.45, 2.75) is 85.2 Å². The van der Waals surface area contributed by atoms with Crippen LogP contribution in [0.2, 0.25) is 0 Å². The highest BCUT2D eigenvalue weighted by Gasteiger charge is 2.26. The van der Waals surface area contributed by atoms with Gasteiger partial charge in [-0.05, 0) is 111 Å². The fourth-order valence-electron chi connectivity index (χ4n) is 6.10. The maximum atomic E-state index is 12.1. The molecule has 2 aromatic carbocycles. The van der Waals surface area contributed by atoms with Crippen molar-refractivity contribution in [1.29, 1.82) is 0 Å². The summed E-state index contributed by atoms with van der Waals surface area (Å²) in [5.74, 6) is 5.34. The Morgan fingerprint density at radius 1 is 0.680 bits per heavy atom. The molecule has 0 radical (unpaired) electrons. The van der Waals surface area contributed by atoms with Crippen molar-refractivity contribution in [1.82, 2.24) is 0 Å². The maximum absolute atomic E-state index is 12.1. The second-order valence-electron chi connectivity index (χ2n) is 12.6. The third-order valence-corrected chi connectivity index (χ3v) is 15.4. The predicted octanol–water partition coefficient (Wildman–Crippen LogP) is 9.31. The minimum absolute atomic E-state index is 0.0974. The molecule has 6 nitrogen and oxygen atoms in total. The van der Waals surface area contributed by atoms with Crippen molar-refractivity contribution in [3.05, 3.63) is 71.8 Å².